The van der Waals surface area contributed by atoms with E-state index in [1.54, 1.807) is 47.1 Å². The first kappa shape index (κ1) is 21.9. The van der Waals surface area contributed by atoms with Gasteiger partial charge >= 0.3 is 0 Å². The van der Waals surface area contributed by atoms with Crippen LogP contribution < -0.4 is 10.6 Å². The van der Waals surface area contributed by atoms with E-state index in [1.807, 2.05) is 18.2 Å². The van der Waals surface area contributed by atoms with Crippen molar-refractivity contribution in [1.29, 1.82) is 0 Å². The van der Waals surface area contributed by atoms with Gasteiger partial charge in [-0.2, -0.15) is 5.10 Å². The van der Waals surface area contributed by atoms with Gasteiger partial charge in [-0.3, -0.25) is 9.59 Å². The smallest absolute Gasteiger partial charge is 0.255 e. The average Bonchev–Trinajstić information content (AvgIpc) is 3.50. The van der Waals surface area contributed by atoms with Crippen LogP contribution in [0.3, 0.4) is 0 Å². The Morgan fingerprint density at radius 1 is 1.03 bits per heavy atom. The molecule has 1 aliphatic heterocycles. The van der Waals surface area contributed by atoms with Crippen LogP contribution in [0.2, 0.25) is 5.02 Å². The lowest BCUT2D eigenvalue weighted by molar-refractivity contribution is 0.0959. The molecule has 0 aliphatic carbocycles. The number of fused-ring (bicyclic) bond motifs is 2. The fourth-order valence-electron chi connectivity index (χ4n) is 4.44. The van der Waals surface area contributed by atoms with E-state index in [1.165, 1.54) is 24.5 Å². The summed E-state index contributed by atoms with van der Waals surface area (Å²) in [5.41, 5.74) is 4.28. The highest BCUT2D eigenvalue weighted by molar-refractivity contribution is 6.31. The van der Waals surface area contributed by atoms with Gasteiger partial charge in [-0.1, -0.05) is 29.8 Å². The second-order valence-corrected chi connectivity index (χ2v) is 8.77. The lowest BCUT2D eigenvalue weighted by Crippen LogP contribution is -2.21. The highest BCUT2D eigenvalue weighted by Crippen LogP contribution is 2.41. The molecule has 176 valence electrons. The van der Waals surface area contributed by atoms with E-state index in [0.29, 0.717) is 44.2 Å². The highest BCUT2D eigenvalue weighted by atomic mass is 35.5. The zero-order valence-corrected chi connectivity index (χ0v) is 19.3. The molecule has 5 aromatic rings. The second kappa shape index (κ2) is 8.58. The summed E-state index contributed by atoms with van der Waals surface area (Å²) in [5.74, 6) is -1.18. The van der Waals surface area contributed by atoms with Crippen LogP contribution in [0.5, 0.6) is 0 Å². The Labute approximate surface area is 209 Å². The molecule has 3 heterocycles. The highest BCUT2D eigenvalue weighted by Gasteiger charge is 2.35. The number of anilines is 1. The van der Waals surface area contributed by atoms with E-state index in [2.05, 4.69) is 20.7 Å². The van der Waals surface area contributed by atoms with Gasteiger partial charge < -0.3 is 10.6 Å². The van der Waals surface area contributed by atoms with Gasteiger partial charge in [-0.05, 0) is 60.2 Å². The minimum absolute atomic E-state index is 0.301. The summed E-state index contributed by atoms with van der Waals surface area (Å²) in [7, 11) is 0. The molecule has 1 atom stereocenters. The topological polar surface area (TPSA) is 88.4 Å². The largest absolute Gasteiger partial charge is 0.341 e. The van der Waals surface area contributed by atoms with Gasteiger partial charge in [-0.25, -0.2) is 13.9 Å². The Kier molecular flexibility index (Phi) is 5.23. The molecule has 1 unspecified atom stereocenters. The number of nitrogens with zero attached hydrogens (tertiary/aromatic N) is 3. The molecule has 2 N–H and O–H groups in total. The second-order valence-electron chi connectivity index (χ2n) is 8.36. The number of amides is 2. The van der Waals surface area contributed by atoms with Crippen molar-refractivity contribution in [3.63, 3.8) is 0 Å². The summed E-state index contributed by atoms with van der Waals surface area (Å²) in [6.07, 6.45) is 3.24. The van der Waals surface area contributed by atoms with Crippen molar-refractivity contribution in [2.24, 2.45) is 0 Å². The molecule has 7 nitrogen and oxygen atoms in total. The molecule has 2 aromatic heterocycles. The molecule has 0 spiro atoms. The predicted octanol–water partition coefficient (Wildman–Crippen LogP) is 5.27. The SMILES string of the molecule is O=C(Nc1cc(-c2ccc3ncnn3c2)cc2c1C(c1cc(F)ccc1Cl)NC2=O)c1ccccc1. The lowest BCUT2D eigenvalue weighted by Gasteiger charge is -2.19. The summed E-state index contributed by atoms with van der Waals surface area (Å²) >= 11 is 6.40. The Bertz CT molecular complexity index is 1670. The predicted molar refractivity (Wildman–Crippen MR) is 134 cm³/mol. The van der Waals surface area contributed by atoms with Crippen LogP contribution in [0.4, 0.5) is 10.1 Å². The Hall–Kier alpha value is -4.56. The standard InChI is InChI=1S/C27H17ClFN5O2/c28-21-8-7-18(29)12-19(21)25-24-20(27(36)33-25)10-17(16-6-9-23-30-14-31-34(23)13-16)11-22(24)32-26(35)15-4-2-1-3-5-15/h1-14,25H,(H,32,35)(H,33,36). The zero-order chi connectivity index (χ0) is 24.8. The van der Waals surface area contributed by atoms with E-state index in [-0.39, 0.29) is 11.8 Å². The Morgan fingerprint density at radius 3 is 2.69 bits per heavy atom. The van der Waals surface area contributed by atoms with E-state index in [0.717, 1.165) is 5.56 Å². The molecule has 0 fully saturated rings. The normalized spacial score (nSPS) is 14.5. The summed E-state index contributed by atoms with van der Waals surface area (Å²) in [5, 5.41) is 10.3. The maximum Gasteiger partial charge on any atom is 0.255 e. The molecule has 3 aromatic carbocycles. The van der Waals surface area contributed by atoms with E-state index in [9.17, 15) is 14.0 Å². The minimum Gasteiger partial charge on any atom is -0.341 e. The van der Waals surface area contributed by atoms with Crippen LogP contribution >= 0.6 is 11.6 Å². The zero-order valence-electron chi connectivity index (χ0n) is 18.6. The van der Waals surface area contributed by atoms with Gasteiger partial charge in [0.15, 0.2) is 5.65 Å². The molecule has 1 aliphatic rings. The van der Waals surface area contributed by atoms with Crippen molar-refractivity contribution in [2.75, 3.05) is 5.32 Å². The third kappa shape index (κ3) is 3.77. The number of nitrogens with one attached hydrogen (secondary N) is 2. The molecule has 0 saturated carbocycles. The third-order valence-corrected chi connectivity index (χ3v) is 6.49. The van der Waals surface area contributed by atoms with E-state index in [4.69, 9.17) is 11.6 Å². The van der Waals surface area contributed by atoms with Gasteiger partial charge in [0.05, 0.1) is 6.04 Å². The quantitative estimate of drug-likeness (QED) is 0.354. The molecule has 36 heavy (non-hydrogen) atoms. The number of halogens is 2. The molecular formula is C27H17ClFN5O2. The van der Waals surface area contributed by atoms with Crippen molar-refractivity contribution in [3.05, 3.63) is 118 Å². The summed E-state index contributed by atoms with van der Waals surface area (Å²) < 4.78 is 15.8. The molecule has 9 heteroatoms. The molecule has 0 saturated heterocycles. The van der Waals surface area contributed by atoms with Crippen molar-refractivity contribution in [1.82, 2.24) is 19.9 Å². The number of rotatable bonds is 4. The Balaban J connectivity index is 1.53. The molecule has 0 bridgehead atoms. The number of pyridine rings is 1. The van der Waals surface area contributed by atoms with Gasteiger partial charge in [0, 0.05) is 44.7 Å². The maximum absolute atomic E-state index is 14.1. The fourth-order valence-corrected chi connectivity index (χ4v) is 4.67. The monoisotopic (exact) mass is 497 g/mol. The van der Waals surface area contributed by atoms with Gasteiger partial charge in [0.25, 0.3) is 11.8 Å². The van der Waals surface area contributed by atoms with E-state index < -0.39 is 11.9 Å². The van der Waals surface area contributed by atoms with Gasteiger partial charge in [-0.15, -0.1) is 0 Å². The van der Waals surface area contributed by atoms with Crippen molar-refractivity contribution in [3.8, 4) is 11.1 Å². The molecule has 6 rings (SSSR count). The lowest BCUT2D eigenvalue weighted by atomic mass is 9.93. The van der Waals surface area contributed by atoms with Gasteiger partial charge in [0.2, 0.25) is 0 Å². The number of aromatic nitrogens is 3. The summed E-state index contributed by atoms with van der Waals surface area (Å²) in [6, 6.07) is 19.2. The van der Waals surface area contributed by atoms with Crippen molar-refractivity contribution < 1.29 is 14.0 Å². The first-order valence-corrected chi connectivity index (χ1v) is 11.5. The third-order valence-electron chi connectivity index (χ3n) is 6.15. The van der Waals surface area contributed by atoms with Crippen molar-refractivity contribution in [2.45, 2.75) is 6.04 Å². The van der Waals surface area contributed by atoms with Gasteiger partial charge in [0.1, 0.15) is 12.1 Å². The van der Waals surface area contributed by atoms with Crippen LogP contribution in [-0.2, 0) is 0 Å². The number of carbonyl (C=O) groups excluding carboxylic acids is 2. The number of carbonyl (C=O) groups is 2. The number of hydrogen-bond acceptors (Lipinski definition) is 4. The average molecular weight is 498 g/mol. The van der Waals surface area contributed by atoms with Crippen LogP contribution in [0.15, 0.2) is 85.3 Å². The summed E-state index contributed by atoms with van der Waals surface area (Å²) in [6.45, 7) is 0. The number of hydrogen-bond donors (Lipinski definition) is 2. The van der Waals surface area contributed by atoms with Crippen LogP contribution in [0, 0.1) is 5.82 Å². The number of benzene rings is 3. The molecule has 0 radical (unpaired) electrons. The molecular weight excluding hydrogens is 481 g/mol. The fraction of sp³-hybridized carbons (Fsp3) is 0.0370. The van der Waals surface area contributed by atoms with Crippen LogP contribution in [0.25, 0.3) is 16.8 Å². The molecule has 2 amide bonds. The van der Waals surface area contributed by atoms with E-state index >= 15 is 0 Å². The van der Waals surface area contributed by atoms with Crippen molar-refractivity contribution >= 4 is 34.7 Å². The maximum atomic E-state index is 14.1. The van der Waals surface area contributed by atoms with Crippen LogP contribution in [0.1, 0.15) is 37.9 Å². The minimum atomic E-state index is -0.742. The first-order chi connectivity index (χ1) is 17.5. The first-order valence-electron chi connectivity index (χ1n) is 11.1. The van der Waals surface area contributed by atoms with Crippen LogP contribution in [-0.4, -0.2) is 26.4 Å². The Morgan fingerprint density at radius 2 is 1.86 bits per heavy atom. The summed E-state index contributed by atoms with van der Waals surface area (Å²) in [4.78, 5) is 30.4.